The monoisotopic (exact) mass is 558 g/mol. The summed E-state index contributed by atoms with van der Waals surface area (Å²) in [5, 5.41) is 51.1. The van der Waals surface area contributed by atoms with Crippen LogP contribution >= 0.6 is 0 Å². The largest absolute Gasteiger partial charge is 0.492 e. The predicted molar refractivity (Wildman–Crippen MR) is 142 cm³/mol. The Kier molecular flexibility index (Phi) is 12.4. The van der Waals surface area contributed by atoms with Gasteiger partial charge in [0.2, 0.25) is 5.91 Å². The lowest BCUT2D eigenvalue weighted by atomic mass is 10.1. The number of benzene rings is 2. The molecule has 0 saturated carbocycles. The molecule has 0 bridgehead atoms. The number of nitriles is 1. The topological polar surface area (TPSA) is 209 Å². The average Bonchev–Trinajstić information content (AvgIpc) is 2.92. The Labute approximate surface area is 229 Å². The van der Waals surface area contributed by atoms with Crippen molar-refractivity contribution in [3.63, 3.8) is 0 Å². The molecule has 2 rings (SSSR count). The minimum absolute atomic E-state index is 0.0385. The fraction of sp³-hybridized carbons (Fsp3) is 0.400. The summed E-state index contributed by atoms with van der Waals surface area (Å²) in [6.45, 7) is 3.11. The number of rotatable bonds is 15. The number of methoxy groups -OCH3 is 1. The van der Waals surface area contributed by atoms with Gasteiger partial charge in [-0.1, -0.05) is 0 Å². The molecule has 0 atom stereocenters. The molecule has 15 heteroatoms. The molecule has 0 radical (unpaired) electrons. The number of aliphatic hydroxyl groups excluding tert-OH is 2. The molecule has 0 fully saturated rings. The van der Waals surface area contributed by atoms with Gasteiger partial charge in [0.1, 0.15) is 24.1 Å². The zero-order valence-corrected chi connectivity index (χ0v) is 22.2. The number of carbonyl (C=O) groups is 2. The summed E-state index contributed by atoms with van der Waals surface area (Å²) in [7, 11) is 1.41. The van der Waals surface area contributed by atoms with Gasteiger partial charge in [0.05, 0.1) is 53.9 Å². The molecular formula is C25H30N6O9. The van der Waals surface area contributed by atoms with Crippen molar-refractivity contribution in [3.8, 4) is 11.8 Å². The molecule has 0 spiro atoms. The summed E-state index contributed by atoms with van der Waals surface area (Å²) in [5.74, 6) is -1.07. The molecule has 214 valence electrons. The molecule has 0 heterocycles. The van der Waals surface area contributed by atoms with E-state index in [1.807, 2.05) is 0 Å². The minimum atomic E-state index is -0.889. The van der Waals surface area contributed by atoms with Crippen LogP contribution in [0.25, 0.3) is 0 Å². The lowest BCUT2D eigenvalue weighted by molar-refractivity contribution is -0.384. The van der Waals surface area contributed by atoms with Gasteiger partial charge in [0.15, 0.2) is 5.69 Å². The summed E-state index contributed by atoms with van der Waals surface area (Å²) >= 11 is 0. The second-order valence-corrected chi connectivity index (χ2v) is 7.97. The minimum Gasteiger partial charge on any atom is -0.492 e. The van der Waals surface area contributed by atoms with E-state index in [2.05, 4.69) is 15.5 Å². The van der Waals surface area contributed by atoms with Crippen molar-refractivity contribution in [1.82, 2.24) is 0 Å². The number of nitro groups is 1. The second-order valence-electron chi connectivity index (χ2n) is 7.97. The number of hydrogen-bond acceptors (Lipinski definition) is 13. The lowest BCUT2D eigenvalue weighted by Gasteiger charge is -2.26. The van der Waals surface area contributed by atoms with Crippen LogP contribution in [0, 0.1) is 21.4 Å². The van der Waals surface area contributed by atoms with E-state index in [-0.39, 0.29) is 74.4 Å². The molecular weight excluding hydrogens is 528 g/mol. The third-order valence-corrected chi connectivity index (χ3v) is 5.19. The van der Waals surface area contributed by atoms with E-state index in [4.69, 9.17) is 14.2 Å². The van der Waals surface area contributed by atoms with Crippen LogP contribution in [0.1, 0.15) is 29.8 Å². The third kappa shape index (κ3) is 8.43. The molecule has 3 N–H and O–H groups in total. The predicted octanol–water partition coefficient (Wildman–Crippen LogP) is 2.83. The molecule has 15 nitrogen and oxygen atoms in total. The maximum Gasteiger partial charge on any atom is 0.338 e. The van der Waals surface area contributed by atoms with Gasteiger partial charge in [-0.25, -0.2) is 4.79 Å². The number of anilines is 2. The van der Waals surface area contributed by atoms with Gasteiger partial charge in [0.25, 0.3) is 5.69 Å². The number of amides is 1. The average molecular weight is 559 g/mol. The summed E-state index contributed by atoms with van der Waals surface area (Å²) in [6.07, 6.45) is 0. The van der Waals surface area contributed by atoms with Crippen molar-refractivity contribution in [2.45, 2.75) is 13.8 Å². The van der Waals surface area contributed by atoms with E-state index in [9.17, 15) is 35.2 Å². The normalized spacial score (nSPS) is 10.7. The Morgan fingerprint density at radius 2 is 1.85 bits per heavy atom. The van der Waals surface area contributed by atoms with Crippen LogP contribution in [0.5, 0.6) is 5.75 Å². The van der Waals surface area contributed by atoms with Gasteiger partial charge in [-0.2, -0.15) is 5.26 Å². The van der Waals surface area contributed by atoms with Crippen molar-refractivity contribution in [1.29, 1.82) is 5.26 Å². The number of ether oxygens (including phenoxy) is 3. The number of nitrogens with zero attached hydrogens (tertiary/aromatic N) is 5. The number of azo groups is 1. The summed E-state index contributed by atoms with van der Waals surface area (Å²) in [6, 6.07) is 6.74. The van der Waals surface area contributed by atoms with Gasteiger partial charge in [-0.15, -0.1) is 10.2 Å². The van der Waals surface area contributed by atoms with Gasteiger partial charge >= 0.3 is 5.97 Å². The first-order valence-electron chi connectivity index (χ1n) is 12.1. The lowest BCUT2D eigenvalue weighted by Crippen LogP contribution is -2.30. The first-order chi connectivity index (χ1) is 19.2. The number of nitrogens with one attached hydrogen (secondary N) is 1. The SMILES string of the molecule is CCOc1cc(N=Nc2c(C#N)cc(C(=O)OCCOC)cc2[N+](=O)[O-])c(NC(C)=O)cc1N(CCO)CCO. The highest BCUT2D eigenvalue weighted by Crippen LogP contribution is 2.41. The Balaban J connectivity index is 2.67. The molecule has 2 aromatic rings. The first-order valence-corrected chi connectivity index (χ1v) is 12.1. The van der Waals surface area contributed by atoms with Gasteiger partial charge in [-0.3, -0.25) is 14.9 Å². The molecule has 0 aliphatic rings. The van der Waals surface area contributed by atoms with Crippen LogP contribution in [0.2, 0.25) is 0 Å². The van der Waals surface area contributed by atoms with E-state index in [0.717, 1.165) is 12.1 Å². The Morgan fingerprint density at radius 1 is 1.15 bits per heavy atom. The molecule has 1 amide bonds. The van der Waals surface area contributed by atoms with Crippen LogP contribution in [-0.4, -0.2) is 80.2 Å². The standard InChI is InChI=1S/C25H30N6O9/c1-4-39-23-14-20(19(27-16(2)34)13-21(23)30(5-7-32)6-8-33)28-29-24-18(15-26)11-17(12-22(24)31(36)37)25(35)40-10-9-38-3/h11-14,32-33H,4-10H2,1-3H3,(H,27,34). The number of carbonyl (C=O) groups excluding carboxylic acids is 2. The van der Waals surface area contributed by atoms with E-state index < -0.39 is 28.2 Å². The highest BCUT2D eigenvalue weighted by molar-refractivity contribution is 5.94. The van der Waals surface area contributed by atoms with Crippen LogP contribution in [-0.2, 0) is 14.3 Å². The second kappa shape index (κ2) is 15.7. The highest BCUT2D eigenvalue weighted by Gasteiger charge is 2.24. The summed E-state index contributed by atoms with van der Waals surface area (Å²) in [4.78, 5) is 36.9. The molecule has 0 aliphatic heterocycles. The quantitative estimate of drug-likeness (QED) is 0.0951. The summed E-state index contributed by atoms with van der Waals surface area (Å²) in [5.41, 5.74) is -0.996. The first kappa shape index (κ1) is 31.6. The molecule has 40 heavy (non-hydrogen) atoms. The zero-order chi connectivity index (χ0) is 29.7. The molecule has 0 saturated heterocycles. The maximum atomic E-state index is 12.3. The molecule has 0 aliphatic carbocycles. The smallest absolute Gasteiger partial charge is 0.338 e. The number of aliphatic hydroxyl groups is 2. The summed E-state index contributed by atoms with van der Waals surface area (Å²) < 4.78 is 15.5. The molecule has 0 unspecified atom stereocenters. The Hall–Kier alpha value is -4.65. The van der Waals surface area contributed by atoms with Crippen molar-refractivity contribution in [2.75, 3.05) is 63.5 Å². The number of hydrogen-bond donors (Lipinski definition) is 3. The fourth-order valence-electron chi connectivity index (χ4n) is 3.51. The number of esters is 1. The van der Waals surface area contributed by atoms with Crippen molar-refractivity contribution in [2.24, 2.45) is 10.2 Å². The van der Waals surface area contributed by atoms with Crippen molar-refractivity contribution in [3.05, 3.63) is 45.5 Å². The zero-order valence-electron chi connectivity index (χ0n) is 22.2. The third-order valence-electron chi connectivity index (χ3n) is 5.19. The molecule has 0 aromatic heterocycles. The van der Waals surface area contributed by atoms with Gasteiger partial charge < -0.3 is 34.6 Å². The maximum absolute atomic E-state index is 12.3. The highest BCUT2D eigenvalue weighted by atomic mass is 16.6. The van der Waals surface area contributed by atoms with Crippen molar-refractivity contribution >= 4 is 40.3 Å². The Morgan fingerprint density at radius 3 is 2.40 bits per heavy atom. The van der Waals surface area contributed by atoms with Crippen molar-refractivity contribution < 1.29 is 38.9 Å². The Bertz CT molecular complexity index is 1290. The van der Waals surface area contributed by atoms with Gasteiger partial charge in [0, 0.05) is 39.3 Å². The van der Waals surface area contributed by atoms with Crippen LogP contribution in [0.4, 0.5) is 28.4 Å². The van der Waals surface area contributed by atoms with Crippen LogP contribution in [0.3, 0.4) is 0 Å². The van der Waals surface area contributed by atoms with Gasteiger partial charge in [-0.05, 0) is 19.1 Å². The van der Waals surface area contributed by atoms with E-state index >= 15 is 0 Å². The van der Waals surface area contributed by atoms with Crippen LogP contribution < -0.4 is 15.0 Å². The van der Waals surface area contributed by atoms with E-state index in [1.54, 1.807) is 17.9 Å². The van der Waals surface area contributed by atoms with E-state index in [0.29, 0.717) is 5.69 Å². The van der Waals surface area contributed by atoms with E-state index in [1.165, 1.54) is 26.2 Å². The fourth-order valence-corrected chi connectivity index (χ4v) is 3.51. The molecule has 2 aromatic carbocycles. The number of nitro benzene ring substituents is 1. The van der Waals surface area contributed by atoms with Crippen LogP contribution in [0.15, 0.2) is 34.5 Å².